The summed E-state index contributed by atoms with van der Waals surface area (Å²) in [5.74, 6) is 0.654. The molecule has 2 aromatic carbocycles. The number of hydrogen-bond acceptors (Lipinski definition) is 3. The lowest BCUT2D eigenvalue weighted by Crippen LogP contribution is -2.16. The highest BCUT2D eigenvalue weighted by molar-refractivity contribution is 5.77. The number of benzene rings is 2. The van der Waals surface area contributed by atoms with E-state index in [1.165, 1.54) is 0 Å². The Morgan fingerprint density at radius 3 is 2.45 bits per heavy atom. The average molecular weight is 294 g/mol. The fourth-order valence-corrected chi connectivity index (χ4v) is 2.72. The molecule has 0 N–H and O–H groups in total. The summed E-state index contributed by atoms with van der Waals surface area (Å²) in [5, 5.41) is 0.617. The molecule has 0 radical (unpaired) electrons. The van der Waals surface area contributed by atoms with Crippen LogP contribution in [0, 0.1) is 6.92 Å². The van der Waals surface area contributed by atoms with Gasteiger partial charge in [0.2, 0.25) is 0 Å². The van der Waals surface area contributed by atoms with Crippen molar-refractivity contribution >= 4 is 11.0 Å². The van der Waals surface area contributed by atoms with Crippen molar-refractivity contribution in [1.82, 2.24) is 0 Å². The van der Waals surface area contributed by atoms with Crippen molar-refractivity contribution in [2.45, 2.75) is 19.4 Å². The van der Waals surface area contributed by atoms with Gasteiger partial charge in [-0.1, -0.05) is 42.5 Å². The number of rotatable bonds is 4. The summed E-state index contributed by atoms with van der Waals surface area (Å²) in [6, 6.07) is 17.3. The Kier molecular flexibility index (Phi) is 4.07. The third kappa shape index (κ3) is 2.68. The van der Waals surface area contributed by atoms with Gasteiger partial charge in [-0.15, -0.1) is 0 Å². The average Bonchev–Trinajstić information content (AvgIpc) is 2.56. The van der Waals surface area contributed by atoms with Crippen LogP contribution in [0.4, 0.5) is 0 Å². The second-order valence-electron chi connectivity index (χ2n) is 5.30. The molecule has 1 aromatic heterocycles. The van der Waals surface area contributed by atoms with E-state index in [0.29, 0.717) is 28.7 Å². The van der Waals surface area contributed by atoms with E-state index in [1.807, 2.05) is 55.5 Å². The molecule has 1 atom stereocenters. The van der Waals surface area contributed by atoms with Crippen LogP contribution in [-0.2, 0) is 11.2 Å². The van der Waals surface area contributed by atoms with Crippen molar-refractivity contribution in [3.05, 3.63) is 81.7 Å². The van der Waals surface area contributed by atoms with Crippen LogP contribution in [0.5, 0.6) is 0 Å². The minimum Gasteiger partial charge on any atom is -0.461 e. The fourth-order valence-electron chi connectivity index (χ4n) is 2.72. The van der Waals surface area contributed by atoms with Gasteiger partial charge in [0, 0.05) is 19.1 Å². The zero-order valence-corrected chi connectivity index (χ0v) is 12.7. The van der Waals surface area contributed by atoms with Crippen LogP contribution in [0.3, 0.4) is 0 Å². The molecule has 112 valence electrons. The van der Waals surface area contributed by atoms with Crippen LogP contribution in [0.2, 0.25) is 0 Å². The number of aryl methyl sites for hydroxylation is 1. The molecule has 0 bridgehead atoms. The van der Waals surface area contributed by atoms with Crippen LogP contribution in [0.25, 0.3) is 11.0 Å². The second-order valence-corrected chi connectivity index (χ2v) is 5.30. The Morgan fingerprint density at radius 2 is 1.73 bits per heavy atom. The van der Waals surface area contributed by atoms with Gasteiger partial charge in [-0.05, 0) is 24.6 Å². The molecule has 0 spiro atoms. The Hall–Kier alpha value is -2.39. The highest BCUT2D eigenvalue weighted by atomic mass is 16.5. The molecule has 22 heavy (non-hydrogen) atoms. The Balaban J connectivity index is 2.05. The first-order valence-electron chi connectivity index (χ1n) is 7.29. The van der Waals surface area contributed by atoms with Gasteiger partial charge in [-0.3, -0.25) is 4.79 Å². The maximum Gasteiger partial charge on any atom is 0.196 e. The predicted octanol–water partition coefficient (Wildman–Crippen LogP) is 4.03. The topological polar surface area (TPSA) is 39.4 Å². The van der Waals surface area contributed by atoms with Crippen LogP contribution in [0.1, 0.15) is 23.0 Å². The Labute approximate surface area is 129 Å². The summed E-state index contributed by atoms with van der Waals surface area (Å²) < 4.78 is 11.4. The van der Waals surface area contributed by atoms with E-state index in [2.05, 4.69) is 0 Å². The summed E-state index contributed by atoms with van der Waals surface area (Å²) in [7, 11) is 1.66. The SMILES string of the molecule is COC(Cc1c(C)oc2ccccc2c1=O)c1ccccc1. The van der Waals surface area contributed by atoms with Crippen molar-refractivity contribution in [2.24, 2.45) is 0 Å². The maximum atomic E-state index is 12.7. The molecule has 0 fully saturated rings. The molecule has 3 heteroatoms. The predicted molar refractivity (Wildman–Crippen MR) is 87.1 cm³/mol. The molecule has 3 aromatic rings. The first kappa shape index (κ1) is 14.5. The van der Waals surface area contributed by atoms with Crippen molar-refractivity contribution in [3.8, 4) is 0 Å². The van der Waals surface area contributed by atoms with E-state index in [1.54, 1.807) is 13.2 Å². The zero-order valence-electron chi connectivity index (χ0n) is 12.7. The molecule has 0 aliphatic carbocycles. The second kappa shape index (κ2) is 6.16. The molecule has 0 aliphatic heterocycles. The normalized spacial score (nSPS) is 12.5. The van der Waals surface area contributed by atoms with Gasteiger partial charge in [0.15, 0.2) is 5.43 Å². The van der Waals surface area contributed by atoms with Gasteiger partial charge in [0.1, 0.15) is 11.3 Å². The summed E-state index contributed by atoms with van der Waals surface area (Å²) in [6.45, 7) is 1.83. The summed E-state index contributed by atoms with van der Waals surface area (Å²) in [5.41, 5.74) is 2.38. The van der Waals surface area contributed by atoms with Crippen molar-refractivity contribution in [2.75, 3.05) is 7.11 Å². The van der Waals surface area contributed by atoms with Gasteiger partial charge in [0.05, 0.1) is 11.5 Å². The molecule has 1 heterocycles. The van der Waals surface area contributed by atoms with Crippen LogP contribution >= 0.6 is 0 Å². The van der Waals surface area contributed by atoms with E-state index in [9.17, 15) is 4.79 Å². The van der Waals surface area contributed by atoms with E-state index in [0.717, 1.165) is 5.56 Å². The molecule has 3 rings (SSSR count). The van der Waals surface area contributed by atoms with Gasteiger partial charge in [0.25, 0.3) is 0 Å². The van der Waals surface area contributed by atoms with Gasteiger partial charge >= 0.3 is 0 Å². The summed E-state index contributed by atoms with van der Waals surface area (Å²) in [6.07, 6.45) is 0.337. The maximum absolute atomic E-state index is 12.7. The van der Waals surface area contributed by atoms with Gasteiger partial charge < -0.3 is 9.15 Å². The molecule has 0 saturated heterocycles. The van der Waals surface area contributed by atoms with Crippen LogP contribution in [-0.4, -0.2) is 7.11 Å². The first-order chi connectivity index (χ1) is 10.7. The largest absolute Gasteiger partial charge is 0.461 e. The molecule has 0 amide bonds. The van der Waals surface area contributed by atoms with E-state index in [4.69, 9.17) is 9.15 Å². The quantitative estimate of drug-likeness (QED) is 0.729. The smallest absolute Gasteiger partial charge is 0.196 e. The van der Waals surface area contributed by atoms with Crippen molar-refractivity contribution < 1.29 is 9.15 Å². The Morgan fingerprint density at radius 1 is 1.05 bits per heavy atom. The van der Waals surface area contributed by atoms with Gasteiger partial charge in [-0.2, -0.15) is 0 Å². The fraction of sp³-hybridized carbons (Fsp3) is 0.211. The standard InChI is InChI=1S/C19H18O3/c1-13-16(12-18(21-2)14-8-4-3-5-9-14)19(20)15-10-6-7-11-17(15)22-13/h3-11,18H,12H2,1-2H3. The third-order valence-electron chi connectivity index (χ3n) is 3.94. The van der Waals surface area contributed by atoms with Crippen LogP contribution < -0.4 is 5.43 Å². The van der Waals surface area contributed by atoms with E-state index < -0.39 is 0 Å². The molecule has 0 saturated carbocycles. The van der Waals surface area contributed by atoms with Gasteiger partial charge in [-0.25, -0.2) is 0 Å². The third-order valence-corrected chi connectivity index (χ3v) is 3.94. The summed E-state index contributed by atoms with van der Waals surface area (Å²) in [4.78, 5) is 12.7. The highest BCUT2D eigenvalue weighted by Gasteiger charge is 2.17. The number of hydrogen-bond donors (Lipinski definition) is 0. The monoisotopic (exact) mass is 294 g/mol. The van der Waals surface area contributed by atoms with Crippen molar-refractivity contribution in [3.63, 3.8) is 0 Å². The number of methoxy groups -OCH3 is 1. The number of para-hydroxylation sites is 1. The zero-order chi connectivity index (χ0) is 15.5. The van der Waals surface area contributed by atoms with Crippen molar-refractivity contribution in [1.29, 1.82) is 0 Å². The lowest BCUT2D eigenvalue weighted by Gasteiger charge is -2.16. The lowest BCUT2D eigenvalue weighted by atomic mass is 9.99. The van der Waals surface area contributed by atoms with E-state index in [-0.39, 0.29) is 11.5 Å². The minimum absolute atomic E-state index is 0.0253. The number of fused-ring (bicyclic) bond motifs is 1. The highest BCUT2D eigenvalue weighted by Crippen LogP contribution is 2.23. The Bertz CT molecular complexity index is 834. The lowest BCUT2D eigenvalue weighted by molar-refractivity contribution is 0.103. The molecular formula is C19H18O3. The number of ether oxygens (including phenoxy) is 1. The molecule has 3 nitrogen and oxygen atoms in total. The molecule has 0 aliphatic rings. The first-order valence-corrected chi connectivity index (χ1v) is 7.29. The van der Waals surface area contributed by atoms with E-state index >= 15 is 0 Å². The van der Waals surface area contributed by atoms with Crippen LogP contribution in [0.15, 0.2) is 63.8 Å². The molecule has 1 unspecified atom stereocenters. The summed E-state index contributed by atoms with van der Waals surface area (Å²) >= 11 is 0. The molecular weight excluding hydrogens is 276 g/mol. The minimum atomic E-state index is -0.163.